The number of esters is 2. The average Bonchev–Trinajstić information content (AvgIpc) is 3.32. The molecule has 6 heteroatoms. The Hall–Kier alpha value is -2.76. The molecule has 2 unspecified atom stereocenters. The number of carbonyl (C=O) groups excluding carboxylic acids is 2. The smallest absolute Gasteiger partial charge is 0.343 e. The van der Waals surface area contributed by atoms with E-state index in [1.165, 1.54) is 0 Å². The van der Waals surface area contributed by atoms with Crippen molar-refractivity contribution in [1.82, 2.24) is 0 Å². The molecule has 3 aromatic rings. The van der Waals surface area contributed by atoms with Crippen LogP contribution in [0.3, 0.4) is 0 Å². The van der Waals surface area contributed by atoms with E-state index in [9.17, 15) is 9.59 Å². The van der Waals surface area contributed by atoms with Gasteiger partial charge in [-0.2, -0.15) is 0 Å². The van der Waals surface area contributed by atoms with Gasteiger partial charge in [-0.1, -0.05) is 0 Å². The van der Waals surface area contributed by atoms with Gasteiger partial charge in [0.05, 0.1) is 12.2 Å². The quantitative estimate of drug-likeness (QED) is 0.642. The van der Waals surface area contributed by atoms with Gasteiger partial charge in [-0.05, 0) is 18.2 Å². The van der Waals surface area contributed by atoms with Gasteiger partial charge in [-0.3, -0.25) is 4.79 Å². The Morgan fingerprint density at radius 2 is 2.00 bits per heavy atom. The fourth-order valence-electron chi connectivity index (χ4n) is 4.20. The van der Waals surface area contributed by atoms with Crippen LogP contribution in [-0.2, 0) is 26.1 Å². The molecule has 4 bridgehead atoms. The van der Waals surface area contributed by atoms with E-state index in [2.05, 4.69) is 0 Å². The molecule has 1 saturated heterocycles. The van der Waals surface area contributed by atoms with E-state index in [0.717, 1.165) is 16.9 Å². The van der Waals surface area contributed by atoms with Crippen molar-refractivity contribution in [3.05, 3.63) is 46.4 Å². The van der Waals surface area contributed by atoms with Crippen LogP contribution in [0.2, 0.25) is 0 Å². The monoisotopic (exact) mass is 310 g/mol. The molecule has 0 aromatic carbocycles. The first-order chi connectivity index (χ1) is 11.2. The molecule has 3 aromatic heterocycles. The third-order valence-corrected chi connectivity index (χ3v) is 5.24. The second-order valence-electron chi connectivity index (χ2n) is 6.38. The van der Waals surface area contributed by atoms with E-state index >= 15 is 0 Å². The maximum absolute atomic E-state index is 12.2. The van der Waals surface area contributed by atoms with E-state index < -0.39 is 17.5 Å². The Balaban J connectivity index is 1.56. The molecule has 3 aliphatic heterocycles. The van der Waals surface area contributed by atoms with Crippen LogP contribution in [-0.4, -0.2) is 18.5 Å². The molecule has 1 spiro atoms. The first kappa shape index (κ1) is 11.8. The van der Waals surface area contributed by atoms with Gasteiger partial charge in [0.1, 0.15) is 33.7 Å². The number of ether oxygens (including phenoxy) is 2. The van der Waals surface area contributed by atoms with Gasteiger partial charge in [0.2, 0.25) is 0 Å². The number of fused-ring (bicyclic) bond motifs is 8. The van der Waals surface area contributed by atoms with Crippen LogP contribution >= 0.6 is 0 Å². The van der Waals surface area contributed by atoms with Gasteiger partial charge in [-0.25, -0.2) is 4.79 Å². The van der Waals surface area contributed by atoms with Crippen LogP contribution in [0.4, 0.5) is 0 Å². The van der Waals surface area contributed by atoms with Crippen molar-refractivity contribution in [2.24, 2.45) is 0 Å². The van der Waals surface area contributed by atoms with E-state index in [-0.39, 0.29) is 5.97 Å². The highest BCUT2D eigenvalue weighted by Gasteiger charge is 2.56. The van der Waals surface area contributed by atoms with Crippen molar-refractivity contribution in [1.29, 1.82) is 0 Å². The van der Waals surface area contributed by atoms with Crippen molar-refractivity contribution >= 4 is 23.1 Å². The van der Waals surface area contributed by atoms with Gasteiger partial charge >= 0.3 is 11.9 Å². The molecule has 114 valence electrons. The zero-order chi connectivity index (χ0) is 15.3. The zero-order valence-electron chi connectivity index (χ0n) is 11.9. The summed E-state index contributed by atoms with van der Waals surface area (Å²) in [6, 6.07) is 5.47. The van der Waals surface area contributed by atoms with Crippen LogP contribution in [0.15, 0.2) is 27.0 Å². The van der Waals surface area contributed by atoms with Crippen molar-refractivity contribution in [3.63, 3.8) is 0 Å². The molecule has 2 atom stereocenters. The van der Waals surface area contributed by atoms with Crippen LogP contribution in [0.5, 0.6) is 0 Å². The molecular weight excluding hydrogens is 300 g/mol. The predicted octanol–water partition coefficient (Wildman–Crippen LogP) is 2.46. The summed E-state index contributed by atoms with van der Waals surface area (Å²) < 4.78 is 22.2. The number of hydrogen-bond donors (Lipinski definition) is 0. The molecule has 0 saturated carbocycles. The first-order valence-corrected chi connectivity index (χ1v) is 7.53. The Morgan fingerprint density at radius 1 is 1.13 bits per heavy atom. The molecule has 0 N–H and O–H groups in total. The summed E-state index contributed by atoms with van der Waals surface area (Å²) >= 11 is 0. The van der Waals surface area contributed by atoms with Crippen molar-refractivity contribution in [3.8, 4) is 0 Å². The summed E-state index contributed by atoms with van der Waals surface area (Å²) in [6.07, 6.45) is 0.550. The van der Waals surface area contributed by atoms with Crippen LogP contribution in [0.1, 0.15) is 45.5 Å². The largest absolute Gasteiger partial charge is 0.465 e. The van der Waals surface area contributed by atoms with Gasteiger partial charge in [0.15, 0.2) is 6.10 Å². The molecule has 6 rings (SSSR count). The van der Waals surface area contributed by atoms with E-state index in [1.807, 2.05) is 12.1 Å². The summed E-state index contributed by atoms with van der Waals surface area (Å²) in [5.74, 6) is 0.671. The van der Waals surface area contributed by atoms with Crippen LogP contribution in [0, 0.1) is 0 Å². The fraction of sp³-hybridized carbons (Fsp3) is 0.294. The normalized spacial score (nSPS) is 28.1. The molecule has 0 amide bonds. The lowest BCUT2D eigenvalue weighted by atomic mass is 9.75. The molecule has 0 radical (unpaired) electrons. The van der Waals surface area contributed by atoms with Crippen LogP contribution in [0.25, 0.3) is 11.2 Å². The summed E-state index contributed by atoms with van der Waals surface area (Å²) in [5.41, 5.74) is 2.42. The van der Waals surface area contributed by atoms with E-state index in [1.54, 1.807) is 6.07 Å². The Kier molecular flexibility index (Phi) is 1.75. The second-order valence-corrected chi connectivity index (χ2v) is 6.38. The number of benzene rings is 1. The van der Waals surface area contributed by atoms with Gasteiger partial charge in [0, 0.05) is 18.4 Å². The molecule has 23 heavy (non-hydrogen) atoms. The summed E-state index contributed by atoms with van der Waals surface area (Å²) in [4.78, 5) is 24.4. The minimum Gasteiger partial charge on any atom is -0.465 e. The third kappa shape index (κ3) is 1.16. The SMILES string of the molecule is O=C1OC(c2cc3oc2C2(CCOC2=O)C3)c2c1c1ccc2o1. The number of carbonyl (C=O) groups is 2. The van der Waals surface area contributed by atoms with Crippen LogP contribution < -0.4 is 0 Å². The van der Waals surface area contributed by atoms with E-state index in [0.29, 0.717) is 41.9 Å². The van der Waals surface area contributed by atoms with Gasteiger partial charge < -0.3 is 18.3 Å². The molecule has 1 fully saturated rings. The first-order valence-electron chi connectivity index (χ1n) is 7.53. The predicted molar refractivity (Wildman–Crippen MR) is 74.3 cm³/mol. The highest BCUT2D eigenvalue weighted by Crippen LogP contribution is 2.52. The highest BCUT2D eigenvalue weighted by atomic mass is 16.6. The minimum atomic E-state index is -0.735. The molecule has 6 heterocycles. The maximum atomic E-state index is 12.2. The summed E-state index contributed by atoms with van der Waals surface area (Å²) in [5, 5.41) is 0. The lowest BCUT2D eigenvalue weighted by Crippen LogP contribution is -2.33. The minimum absolute atomic E-state index is 0.252. The third-order valence-electron chi connectivity index (χ3n) is 5.24. The second kappa shape index (κ2) is 3.42. The Bertz CT molecular complexity index is 1010. The van der Waals surface area contributed by atoms with E-state index in [4.69, 9.17) is 18.3 Å². The molecule has 6 nitrogen and oxygen atoms in total. The maximum Gasteiger partial charge on any atom is 0.343 e. The highest BCUT2D eigenvalue weighted by molar-refractivity contribution is 6.05. The van der Waals surface area contributed by atoms with Crippen molar-refractivity contribution in [2.75, 3.05) is 6.61 Å². The van der Waals surface area contributed by atoms with Gasteiger partial charge in [-0.15, -0.1) is 0 Å². The standard InChI is InChI=1S/C17H10O6/c18-15-12-10-2-1-9(22-10)11(12)13(23-15)8-5-7-6-17(14(8)21-7)3-4-20-16(17)19/h1-2,5,13H,3-4,6H2. The number of hydrogen-bond acceptors (Lipinski definition) is 6. The average molecular weight is 310 g/mol. The van der Waals surface area contributed by atoms with Crippen molar-refractivity contribution < 1.29 is 27.9 Å². The number of rotatable bonds is 1. The van der Waals surface area contributed by atoms with Gasteiger partial charge in [0.25, 0.3) is 0 Å². The molecule has 0 aliphatic carbocycles. The molecule has 3 aliphatic rings. The number of cyclic esters (lactones) is 2. The fourth-order valence-corrected chi connectivity index (χ4v) is 4.20. The Morgan fingerprint density at radius 3 is 2.78 bits per heavy atom. The summed E-state index contributed by atoms with van der Waals surface area (Å²) in [6.45, 7) is 0.395. The lowest BCUT2D eigenvalue weighted by molar-refractivity contribution is -0.142. The Labute approximate surface area is 129 Å². The lowest BCUT2D eigenvalue weighted by Gasteiger charge is -2.22. The topological polar surface area (TPSA) is 78.9 Å². The molecular formula is C17H10O6. The number of furan rings is 3. The van der Waals surface area contributed by atoms with Crippen molar-refractivity contribution in [2.45, 2.75) is 24.4 Å². The summed E-state index contributed by atoms with van der Waals surface area (Å²) in [7, 11) is 0. The zero-order valence-corrected chi connectivity index (χ0v) is 11.9.